The fraction of sp³-hybridized carbons (Fsp3) is 0.394. The van der Waals surface area contributed by atoms with Gasteiger partial charge in [0.15, 0.2) is 12.2 Å². The molecule has 1 aliphatic rings. The summed E-state index contributed by atoms with van der Waals surface area (Å²) < 4.78 is 47.9. The molecule has 0 saturated carbocycles. The Morgan fingerprint density at radius 2 is 1.49 bits per heavy atom. The van der Waals surface area contributed by atoms with Crippen LogP contribution in [0.1, 0.15) is 49.3 Å². The van der Waals surface area contributed by atoms with Crippen molar-refractivity contribution in [1.29, 1.82) is 0 Å². The van der Waals surface area contributed by atoms with Crippen molar-refractivity contribution in [3.8, 4) is 10.4 Å². The van der Waals surface area contributed by atoms with Crippen LogP contribution in [0.2, 0.25) is 0 Å². The Labute approximate surface area is 264 Å². The zero-order valence-electron chi connectivity index (χ0n) is 25.8. The Kier molecular flexibility index (Phi) is 10.7. The van der Waals surface area contributed by atoms with Crippen LogP contribution < -0.4 is 0 Å². The third-order valence-electron chi connectivity index (χ3n) is 7.25. The number of aryl methyl sites for hydroxylation is 1. The molecule has 0 amide bonds. The van der Waals surface area contributed by atoms with E-state index in [-0.39, 0.29) is 12.4 Å². The number of thiophene rings is 1. The minimum Gasteiger partial charge on any atom is -0.463 e. The SMILES string of the molecule is COC1(c2ccc(C)c(Cc3ccc(-c4ccc(F)cc4)s3)c2)OC(COC(C)=O)C(OC(C)=O)C(OC(C)=O)C1OC(C)=O. The lowest BCUT2D eigenvalue weighted by Crippen LogP contribution is -2.67. The molecule has 2 aromatic carbocycles. The minimum absolute atomic E-state index is 0.308. The Morgan fingerprint density at radius 1 is 0.844 bits per heavy atom. The first kappa shape index (κ1) is 33.8. The van der Waals surface area contributed by atoms with Crippen molar-refractivity contribution in [2.75, 3.05) is 13.7 Å². The van der Waals surface area contributed by atoms with Crippen molar-refractivity contribution in [3.05, 3.63) is 82.0 Å². The van der Waals surface area contributed by atoms with E-state index in [0.29, 0.717) is 12.0 Å². The minimum atomic E-state index is -1.88. The molecule has 0 spiro atoms. The molecule has 1 fully saturated rings. The summed E-state index contributed by atoms with van der Waals surface area (Å²) in [6.07, 6.45) is -4.83. The first-order valence-electron chi connectivity index (χ1n) is 14.2. The standard InChI is InChI=1S/C33H35FO10S/c1-18-7-10-25(15-24(18)16-27-13-14-29(45-27)23-8-11-26(34)12-9-23)33(39-6)32(43-22(5)38)31(42-21(4)37)30(41-20(3)36)28(44-33)17-40-19(2)35/h7-15,28,30-32H,16-17H2,1-6H3. The summed E-state index contributed by atoms with van der Waals surface area (Å²) >= 11 is 1.56. The van der Waals surface area contributed by atoms with E-state index < -0.39 is 54.1 Å². The van der Waals surface area contributed by atoms with Crippen LogP contribution in [0.15, 0.2) is 54.6 Å². The maximum atomic E-state index is 13.4. The van der Waals surface area contributed by atoms with E-state index in [1.54, 1.807) is 29.5 Å². The van der Waals surface area contributed by atoms with Gasteiger partial charge >= 0.3 is 23.9 Å². The van der Waals surface area contributed by atoms with Crippen molar-refractivity contribution >= 4 is 35.2 Å². The molecule has 45 heavy (non-hydrogen) atoms. The summed E-state index contributed by atoms with van der Waals surface area (Å²) in [5.41, 5.74) is 3.16. The number of esters is 4. The number of hydrogen-bond donors (Lipinski definition) is 0. The largest absolute Gasteiger partial charge is 0.463 e. The lowest BCUT2D eigenvalue weighted by molar-refractivity contribution is -0.367. The van der Waals surface area contributed by atoms with Crippen LogP contribution in [-0.4, -0.2) is 62.0 Å². The van der Waals surface area contributed by atoms with Crippen LogP contribution in [0.25, 0.3) is 10.4 Å². The smallest absolute Gasteiger partial charge is 0.303 e. The molecule has 4 rings (SSSR count). The van der Waals surface area contributed by atoms with Gasteiger partial charge in [0.05, 0.1) is 0 Å². The molecule has 1 aliphatic heterocycles. The molecule has 1 aromatic heterocycles. The normalized spacial score (nSPS) is 22.7. The summed E-state index contributed by atoms with van der Waals surface area (Å²) in [5, 5.41) is 0. The number of halogens is 1. The van der Waals surface area contributed by atoms with Gasteiger partial charge in [-0.05, 0) is 53.9 Å². The first-order valence-corrected chi connectivity index (χ1v) is 15.0. The van der Waals surface area contributed by atoms with E-state index in [9.17, 15) is 23.6 Å². The molecule has 3 aromatic rings. The number of hydrogen-bond acceptors (Lipinski definition) is 11. The van der Waals surface area contributed by atoms with E-state index in [2.05, 4.69) is 0 Å². The maximum absolute atomic E-state index is 13.4. The van der Waals surface area contributed by atoms with Crippen LogP contribution in [0.3, 0.4) is 0 Å². The third kappa shape index (κ3) is 7.94. The summed E-state index contributed by atoms with van der Waals surface area (Å²) in [6, 6.07) is 15.7. The van der Waals surface area contributed by atoms with Crippen LogP contribution in [0.5, 0.6) is 0 Å². The Bertz CT molecular complexity index is 1550. The fourth-order valence-electron chi connectivity index (χ4n) is 5.29. The van der Waals surface area contributed by atoms with Gasteiger partial charge in [0, 0.05) is 56.5 Å². The predicted molar refractivity (Wildman–Crippen MR) is 161 cm³/mol. The number of ether oxygens (including phenoxy) is 6. The summed E-state index contributed by atoms with van der Waals surface area (Å²) in [7, 11) is 1.34. The van der Waals surface area contributed by atoms with Gasteiger partial charge in [0.2, 0.25) is 11.9 Å². The van der Waals surface area contributed by atoms with Crippen molar-refractivity contribution < 1.29 is 52.0 Å². The highest BCUT2D eigenvalue weighted by molar-refractivity contribution is 7.15. The summed E-state index contributed by atoms with van der Waals surface area (Å²) in [4.78, 5) is 50.7. The second kappa shape index (κ2) is 14.3. The molecule has 5 atom stereocenters. The quantitative estimate of drug-likeness (QED) is 0.220. The van der Waals surface area contributed by atoms with Gasteiger partial charge in [0.25, 0.3) is 0 Å². The van der Waals surface area contributed by atoms with E-state index in [1.165, 1.54) is 33.1 Å². The third-order valence-corrected chi connectivity index (χ3v) is 8.38. The molecule has 12 heteroatoms. The Hall–Kier alpha value is -4.13. The average molecular weight is 643 g/mol. The average Bonchev–Trinajstić information content (AvgIpc) is 3.43. The van der Waals surface area contributed by atoms with Gasteiger partial charge in [-0.25, -0.2) is 4.39 Å². The molecule has 0 bridgehead atoms. The zero-order chi connectivity index (χ0) is 32.9. The molecule has 2 heterocycles. The van der Waals surface area contributed by atoms with E-state index in [0.717, 1.165) is 40.3 Å². The molecular formula is C33H35FO10S. The summed E-state index contributed by atoms with van der Waals surface area (Å²) in [5.74, 6) is -5.02. The van der Waals surface area contributed by atoms with Crippen molar-refractivity contribution in [3.63, 3.8) is 0 Å². The number of carbonyl (C=O) groups excluding carboxylic acids is 4. The zero-order valence-corrected chi connectivity index (χ0v) is 26.6. The van der Waals surface area contributed by atoms with E-state index in [1.807, 2.05) is 31.2 Å². The van der Waals surface area contributed by atoms with E-state index in [4.69, 9.17) is 28.4 Å². The first-order chi connectivity index (χ1) is 21.3. The Balaban J connectivity index is 1.79. The molecule has 0 radical (unpaired) electrons. The highest BCUT2D eigenvalue weighted by Crippen LogP contribution is 2.44. The van der Waals surface area contributed by atoms with Gasteiger partial charge in [-0.1, -0.05) is 24.3 Å². The van der Waals surface area contributed by atoms with Crippen molar-refractivity contribution in [2.24, 2.45) is 0 Å². The van der Waals surface area contributed by atoms with Crippen LogP contribution in [0, 0.1) is 12.7 Å². The number of methoxy groups -OCH3 is 1. The molecule has 5 unspecified atom stereocenters. The van der Waals surface area contributed by atoms with Gasteiger partial charge in [-0.15, -0.1) is 11.3 Å². The Morgan fingerprint density at radius 3 is 2.09 bits per heavy atom. The van der Waals surface area contributed by atoms with Gasteiger partial charge < -0.3 is 28.4 Å². The van der Waals surface area contributed by atoms with E-state index >= 15 is 0 Å². The fourth-order valence-corrected chi connectivity index (χ4v) is 6.33. The van der Waals surface area contributed by atoms with Crippen LogP contribution in [-0.2, 0) is 59.8 Å². The summed E-state index contributed by atoms with van der Waals surface area (Å²) in [6.45, 7) is 6.25. The molecule has 10 nitrogen and oxygen atoms in total. The monoisotopic (exact) mass is 642 g/mol. The van der Waals surface area contributed by atoms with Gasteiger partial charge in [-0.2, -0.15) is 0 Å². The highest BCUT2D eigenvalue weighted by atomic mass is 32.1. The number of carbonyl (C=O) groups is 4. The lowest BCUT2D eigenvalue weighted by atomic mass is 9.85. The highest BCUT2D eigenvalue weighted by Gasteiger charge is 2.61. The second-order valence-electron chi connectivity index (χ2n) is 10.6. The van der Waals surface area contributed by atoms with Crippen LogP contribution >= 0.6 is 11.3 Å². The van der Waals surface area contributed by atoms with Crippen molar-refractivity contribution in [2.45, 2.75) is 71.2 Å². The molecule has 240 valence electrons. The number of benzene rings is 2. The van der Waals surface area contributed by atoms with Crippen molar-refractivity contribution in [1.82, 2.24) is 0 Å². The molecular weight excluding hydrogens is 607 g/mol. The lowest BCUT2D eigenvalue weighted by Gasteiger charge is -2.50. The molecule has 1 saturated heterocycles. The topological polar surface area (TPSA) is 124 Å². The molecule has 0 aliphatic carbocycles. The van der Waals surface area contributed by atoms with Crippen LogP contribution in [0.4, 0.5) is 4.39 Å². The predicted octanol–water partition coefficient (Wildman–Crippen LogP) is 5.01. The molecule has 0 N–H and O–H groups in total. The maximum Gasteiger partial charge on any atom is 0.303 e. The number of rotatable bonds is 10. The second-order valence-corrected chi connectivity index (χ2v) is 11.8. The van der Waals surface area contributed by atoms with Gasteiger partial charge in [0.1, 0.15) is 18.5 Å². The van der Waals surface area contributed by atoms with Gasteiger partial charge in [-0.3, -0.25) is 19.2 Å².